The van der Waals surface area contributed by atoms with E-state index in [1.165, 1.54) is 4.90 Å². The van der Waals surface area contributed by atoms with E-state index in [2.05, 4.69) is 10.3 Å². The summed E-state index contributed by atoms with van der Waals surface area (Å²) in [5.74, 6) is -0.480. The monoisotopic (exact) mass is 359 g/mol. The van der Waals surface area contributed by atoms with Gasteiger partial charge in [0, 0.05) is 18.3 Å². The van der Waals surface area contributed by atoms with Crippen molar-refractivity contribution in [3.63, 3.8) is 0 Å². The number of aromatic nitrogens is 1. The summed E-state index contributed by atoms with van der Waals surface area (Å²) in [6.07, 6.45) is 0. The molecule has 0 saturated carbocycles. The Bertz CT molecular complexity index is 940. The van der Waals surface area contributed by atoms with Crippen LogP contribution in [0.4, 0.5) is 5.69 Å². The molecule has 0 fully saturated rings. The molecule has 0 atom stereocenters. The molecule has 3 rings (SSSR count). The molecule has 3 aromatic rings. The number of anilines is 1. The minimum absolute atomic E-state index is 0.0341. The Morgan fingerprint density at radius 3 is 2.19 bits per heavy atom. The minimum atomic E-state index is -0.247. The normalized spacial score (nSPS) is 10.3. The van der Waals surface area contributed by atoms with Gasteiger partial charge in [0.25, 0.3) is 5.91 Å². The van der Waals surface area contributed by atoms with Crippen LogP contribution in [0.5, 0.6) is 0 Å². The molecular formula is C22H21N3O2. The number of aryl methyl sites for hydroxylation is 1. The Kier molecular flexibility index (Phi) is 5.61. The van der Waals surface area contributed by atoms with Crippen molar-refractivity contribution in [1.29, 1.82) is 0 Å². The maximum Gasteiger partial charge on any atom is 0.255 e. The number of likely N-dealkylation sites (N-methyl/N-ethyl adjacent to an activating group) is 1. The molecule has 136 valence electrons. The number of benzene rings is 2. The first-order valence-electron chi connectivity index (χ1n) is 8.68. The molecule has 2 amide bonds. The molecule has 0 unspecified atom stereocenters. The van der Waals surface area contributed by atoms with Crippen molar-refractivity contribution in [1.82, 2.24) is 9.88 Å². The third kappa shape index (κ3) is 4.58. The van der Waals surface area contributed by atoms with Gasteiger partial charge in [-0.2, -0.15) is 0 Å². The van der Waals surface area contributed by atoms with Gasteiger partial charge in [0.1, 0.15) is 0 Å². The Morgan fingerprint density at radius 2 is 1.56 bits per heavy atom. The van der Waals surface area contributed by atoms with Crippen molar-refractivity contribution < 1.29 is 9.59 Å². The Morgan fingerprint density at radius 1 is 0.926 bits per heavy atom. The standard InChI is InChI=1S/C22H21N3O2/c1-16-19(13-14-20(23-16)17-9-5-3-6-10-17)22(27)25(2)15-21(26)24-18-11-7-4-8-12-18/h3-14H,15H2,1-2H3,(H,24,26). The Labute approximate surface area is 158 Å². The lowest BCUT2D eigenvalue weighted by Crippen LogP contribution is -2.35. The van der Waals surface area contributed by atoms with E-state index in [4.69, 9.17) is 0 Å². The number of nitrogens with zero attached hydrogens (tertiary/aromatic N) is 2. The van der Waals surface area contributed by atoms with Crippen molar-refractivity contribution in [2.75, 3.05) is 18.9 Å². The maximum absolute atomic E-state index is 12.7. The maximum atomic E-state index is 12.7. The number of amides is 2. The summed E-state index contributed by atoms with van der Waals surface area (Å²) in [4.78, 5) is 30.8. The minimum Gasteiger partial charge on any atom is -0.332 e. The number of rotatable bonds is 5. The van der Waals surface area contributed by atoms with E-state index < -0.39 is 0 Å². The number of hydrogen-bond acceptors (Lipinski definition) is 3. The predicted molar refractivity (Wildman–Crippen MR) is 106 cm³/mol. The average molecular weight is 359 g/mol. The second-order valence-electron chi connectivity index (χ2n) is 6.27. The van der Waals surface area contributed by atoms with E-state index in [-0.39, 0.29) is 18.4 Å². The van der Waals surface area contributed by atoms with Crippen LogP contribution in [0.1, 0.15) is 16.1 Å². The zero-order valence-electron chi connectivity index (χ0n) is 15.3. The summed E-state index contributed by atoms with van der Waals surface area (Å²) < 4.78 is 0. The quantitative estimate of drug-likeness (QED) is 0.754. The van der Waals surface area contributed by atoms with Gasteiger partial charge in [-0.25, -0.2) is 0 Å². The molecule has 1 N–H and O–H groups in total. The lowest BCUT2D eigenvalue weighted by atomic mass is 10.1. The van der Waals surface area contributed by atoms with Crippen LogP contribution in [0.3, 0.4) is 0 Å². The topological polar surface area (TPSA) is 62.3 Å². The molecule has 5 nitrogen and oxygen atoms in total. The lowest BCUT2D eigenvalue weighted by molar-refractivity contribution is -0.116. The molecule has 0 radical (unpaired) electrons. The van der Waals surface area contributed by atoms with Gasteiger partial charge < -0.3 is 10.2 Å². The second-order valence-corrected chi connectivity index (χ2v) is 6.27. The van der Waals surface area contributed by atoms with Gasteiger partial charge in [0.2, 0.25) is 5.91 Å². The SMILES string of the molecule is Cc1nc(-c2ccccc2)ccc1C(=O)N(C)CC(=O)Nc1ccccc1. The molecule has 0 spiro atoms. The third-order valence-corrected chi connectivity index (χ3v) is 4.17. The van der Waals surface area contributed by atoms with E-state index in [0.29, 0.717) is 16.9 Å². The van der Waals surface area contributed by atoms with E-state index >= 15 is 0 Å². The molecule has 27 heavy (non-hydrogen) atoms. The summed E-state index contributed by atoms with van der Waals surface area (Å²) in [6.45, 7) is 1.77. The van der Waals surface area contributed by atoms with Gasteiger partial charge in [-0.05, 0) is 31.2 Å². The molecule has 0 aliphatic carbocycles. The van der Waals surface area contributed by atoms with Crippen LogP contribution in [0.15, 0.2) is 72.8 Å². The zero-order valence-corrected chi connectivity index (χ0v) is 15.3. The van der Waals surface area contributed by atoms with Crippen LogP contribution < -0.4 is 5.32 Å². The van der Waals surface area contributed by atoms with Crippen LogP contribution in [-0.2, 0) is 4.79 Å². The van der Waals surface area contributed by atoms with Crippen LogP contribution in [-0.4, -0.2) is 35.3 Å². The van der Waals surface area contributed by atoms with Crippen molar-refractivity contribution in [2.24, 2.45) is 0 Å². The molecule has 1 heterocycles. The molecule has 2 aromatic carbocycles. The fourth-order valence-corrected chi connectivity index (χ4v) is 2.77. The van der Waals surface area contributed by atoms with Crippen LogP contribution in [0.2, 0.25) is 0 Å². The van der Waals surface area contributed by atoms with Crippen LogP contribution >= 0.6 is 0 Å². The molecule has 0 aliphatic rings. The number of nitrogens with one attached hydrogen (secondary N) is 1. The van der Waals surface area contributed by atoms with Gasteiger partial charge in [0.05, 0.1) is 23.5 Å². The van der Waals surface area contributed by atoms with Gasteiger partial charge >= 0.3 is 0 Å². The lowest BCUT2D eigenvalue weighted by Gasteiger charge is -2.18. The number of carbonyl (C=O) groups is 2. The van der Waals surface area contributed by atoms with E-state index in [1.54, 1.807) is 32.2 Å². The first kappa shape index (κ1) is 18.3. The van der Waals surface area contributed by atoms with Crippen molar-refractivity contribution >= 4 is 17.5 Å². The van der Waals surface area contributed by atoms with Gasteiger partial charge in [-0.1, -0.05) is 48.5 Å². The van der Waals surface area contributed by atoms with Crippen LogP contribution in [0, 0.1) is 6.92 Å². The van der Waals surface area contributed by atoms with E-state index in [9.17, 15) is 9.59 Å². The molecule has 0 bridgehead atoms. The smallest absolute Gasteiger partial charge is 0.255 e. The van der Waals surface area contributed by atoms with Gasteiger partial charge in [-0.3, -0.25) is 14.6 Å². The number of para-hydroxylation sites is 1. The highest BCUT2D eigenvalue weighted by atomic mass is 16.2. The number of carbonyl (C=O) groups excluding carboxylic acids is 2. The van der Waals surface area contributed by atoms with E-state index in [1.807, 2.05) is 54.6 Å². The van der Waals surface area contributed by atoms with Gasteiger partial charge in [-0.15, -0.1) is 0 Å². The summed E-state index contributed by atoms with van der Waals surface area (Å²) >= 11 is 0. The molecule has 0 saturated heterocycles. The fourth-order valence-electron chi connectivity index (χ4n) is 2.77. The molecular weight excluding hydrogens is 338 g/mol. The second kappa shape index (κ2) is 8.27. The largest absolute Gasteiger partial charge is 0.332 e. The highest BCUT2D eigenvalue weighted by molar-refractivity contribution is 5.99. The predicted octanol–water partition coefficient (Wildman–Crippen LogP) is 3.77. The zero-order chi connectivity index (χ0) is 19.2. The van der Waals surface area contributed by atoms with Crippen molar-refractivity contribution in [2.45, 2.75) is 6.92 Å². The summed E-state index contributed by atoms with van der Waals surface area (Å²) in [6, 6.07) is 22.5. The summed E-state index contributed by atoms with van der Waals surface area (Å²) in [7, 11) is 1.61. The van der Waals surface area contributed by atoms with E-state index in [0.717, 1.165) is 11.3 Å². The molecule has 0 aliphatic heterocycles. The van der Waals surface area contributed by atoms with Crippen molar-refractivity contribution in [3.8, 4) is 11.3 Å². The van der Waals surface area contributed by atoms with Crippen LogP contribution in [0.25, 0.3) is 11.3 Å². The molecule has 1 aromatic heterocycles. The average Bonchev–Trinajstić information content (AvgIpc) is 2.68. The highest BCUT2D eigenvalue weighted by Gasteiger charge is 2.18. The summed E-state index contributed by atoms with van der Waals surface area (Å²) in [5, 5.41) is 2.78. The fraction of sp³-hybridized carbons (Fsp3) is 0.136. The molecule has 5 heteroatoms. The number of hydrogen-bond donors (Lipinski definition) is 1. The summed E-state index contributed by atoms with van der Waals surface area (Å²) in [5.41, 5.74) is 3.64. The first-order chi connectivity index (χ1) is 13.0. The van der Waals surface area contributed by atoms with Gasteiger partial charge in [0.15, 0.2) is 0 Å². The highest BCUT2D eigenvalue weighted by Crippen LogP contribution is 2.19. The Hall–Kier alpha value is -3.47. The third-order valence-electron chi connectivity index (χ3n) is 4.17. The number of pyridine rings is 1. The Balaban J connectivity index is 1.68. The van der Waals surface area contributed by atoms with Crippen molar-refractivity contribution in [3.05, 3.63) is 84.1 Å². The first-order valence-corrected chi connectivity index (χ1v) is 8.68.